The van der Waals surface area contributed by atoms with Gasteiger partial charge in [0.15, 0.2) is 0 Å². The molecule has 2 heterocycles. The molecule has 0 bridgehead atoms. The van der Waals surface area contributed by atoms with Crippen molar-refractivity contribution in [1.29, 1.82) is 0 Å². The van der Waals surface area contributed by atoms with E-state index in [1.54, 1.807) is 24.4 Å². The van der Waals surface area contributed by atoms with Crippen molar-refractivity contribution in [3.05, 3.63) is 47.5 Å². The van der Waals surface area contributed by atoms with E-state index in [1.807, 2.05) is 23.9 Å². The summed E-state index contributed by atoms with van der Waals surface area (Å²) < 4.78 is 6.68. The van der Waals surface area contributed by atoms with Crippen LogP contribution in [0.4, 0.5) is 0 Å². The number of carbonyl (C=O) groups excluding carboxylic acids is 1. The van der Waals surface area contributed by atoms with Gasteiger partial charge in [0.05, 0.1) is 18.4 Å². The van der Waals surface area contributed by atoms with Crippen LogP contribution in [0.1, 0.15) is 17.8 Å². The Morgan fingerprint density at radius 3 is 2.77 bits per heavy atom. The molecule has 0 aliphatic rings. The Bertz CT molecular complexity index is 843. The van der Waals surface area contributed by atoms with Crippen LogP contribution in [0.5, 0.6) is 0 Å². The van der Waals surface area contributed by atoms with Gasteiger partial charge in [0, 0.05) is 35.9 Å². The second kappa shape index (κ2) is 6.15. The summed E-state index contributed by atoms with van der Waals surface area (Å²) in [6.45, 7) is 0. The van der Waals surface area contributed by atoms with Crippen LogP contribution in [0.3, 0.4) is 0 Å². The van der Waals surface area contributed by atoms with Gasteiger partial charge in [-0.25, -0.2) is 14.8 Å². The van der Waals surface area contributed by atoms with Crippen molar-refractivity contribution in [2.75, 3.05) is 7.11 Å². The number of methoxy groups -OCH3 is 1. The summed E-state index contributed by atoms with van der Waals surface area (Å²) in [7, 11) is 3.28. The summed E-state index contributed by atoms with van der Waals surface area (Å²) in [6, 6.07) is 7.22. The molecule has 0 atom stereocenters. The quantitative estimate of drug-likeness (QED) is 0.534. The normalized spacial score (nSPS) is 10.3. The van der Waals surface area contributed by atoms with Gasteiger partial charge >= 0.3 is 5.97 Å². The van der Waals surface area contributed by atoms with E-state index in [1.165, 1.54) is 7.11 Å². The van der Waals surface area contributed by atoms with Gasteiger partial charge in [-0.05, 0) is 29.8 Å². The summed E-state index contributed by atoms with van der Waals surface area (Å²) in [5, 5.41) is 1.19. The molecule has 0 saturated carbocycles. The molecule has 0 fully saturated rings. The average Bonchev–Trinajstić information content (AvgIpc) is 2.83. The van der Waals surface area contributed by atoms with Crippen molar-refractivity contribution in [1.82, 2.24) is 14.5 Å². The molecule has 0 aliphatic heterocycles. The number of aryl methyl sites for hydroxylation is 1. The molecule has 0 unspecified atom stereocenters. The Hall–Kier alpha value is -2.40. The number of fused-ring (bicyclic) bond motifs is 1. The van der Waals surface area contributed by atoms with Crippen LogP contribution in [0, 0.1) is 0 Å². The van der Waals surface area contributed by atoms with Crippen molar-refractivity contribution in [2.24, 2.45) is 7.05 Å². The molecule has 3 rings (SSSR count). The van der Waals surface area contributed by atoms with Gasteiger partial charge in [-0.1, -0.05) is 13.5 Å². The first-order valence-electron chi connectivity index (χ1n) is 6.26. The maximum atomic E-state index is 11.6. The Morgan fingerprint density at radius 1 is 1.32 bits per heavy atom. The van der Waals surface area contributed by atoms with Crippen LogP contribution in [0.2, 0.25) is 5.28 Å². The fraction of sp³-hybridized carbons (Fsp3) is 0.188. The smallest absolute Gasteiger partial charge is 0.337 e. The minimum atomic E-state index is -0.357. The van der Waals surface area contributed by atoms with E-state index in [9.17, 15) is 4.79 Å². The maximum Gasteiger partial charge on any atom is 0.337 e. The topological polar surface area (TPSA) is 57.0 Å². The zero-order valence-corrected chi connectivity index (χ0v) is 12.3. The zero-order valence-electron chi connectivity index (χ0n) is 11.5. The lowest BCUT2D eigenvalue weighted by atomic mass is 10.1. The van der Waals surface area contributed by atoms with Crippen LogP contribution < -0.4 is 0 Å². The number of carbonyl (C=O) groups is 1. The standard InChI is InChI=1S/C15H12ClN3O2.CH4/c1-19-8-11(12-5-6-17-15(16)18-12)10-4-3-9(7-13(10)19)14(20)21-2;/h3-8H,1-2H3;1H4. The zero-order chi connectivity index (χ0) is 15.0. The largest absolute Gasteiger partial charge is 0.465 e. The molecule has 0 aliphatic carbocycles. The molecule has 6 heteroatoms. The molecule has 2 aromatic heterocycles. The highest BCUT2D eigenvalue weighted by Crippen LogP contribution is 2.30. The summed E-state index contributed by atoms with van der Waals surface area (Å²) in [5.41, 5.74) is 3.11. The van der Waals surface area contributed by atoms with Crippen molar-refractivity contribution in [3.63, 3.8) is 0 Å². The monoisotopic (exact) mass is 317 g/mol. The number of nitrogens with zero attached hydrogens (tertiary/aromatic N) is 3. The van der Waals surface area contributed by atoms with Gasteiger partial charge in [-0.3, -0.25) is 0 Å². The summed E-state index contributed by atoms with van der Waals surface area (Å²) in [4.78, 5) is 19.7. The molecule has 5 nitrogen and oxygen atoms in total. The van der Waals surface area contributed by atoms with E-state index in [0.717, 1.165) is 22.2 Å². The third-order valence-corrected chi connectivity index (χ3v) is 3.50. The molecule has 1 aromatic carbocycles. The highest BCUT2D eigenvalue weighted by molar-refractivity contribution is 6.28. The molecule has 22 heavy (non-hydrogen) atoms. The number of hydrogen-bond donors (Lipinski definition) is 0. The van der Waals surface area contributed by atoms with Crippen molar-refractivity contribution >= 4 is 28.5 Å². The fourth-order valence-electron chi connectivity index (χ4n) is 2.32. The van der Waals surface area contributed by atoms with Gasteiger partial charge in [-0.2, -0.15) is 0 Å². The lowest BCUT2D eigenvalue weighted by Crippen LogP contribution is -2.00. The SMILES string of the molecule is C.COC(=O)c1ccc2c(-c3ccnc(Cl)n3)cn(C)c2c1. The minimum absolute atomic E-state index is 0. The van der Waals surface area contributed by atoms with Crippen molar-refractivity contribution < 1.29 is 9.53 Å². The molecule has 114 valence electrons. The van der Waals surface area contributed by atoms with Crippen LogP contribution in [-0.2, 0) is 11.8 Å². The average molecular weight is 318 g/mol. The molecular weight excluding hydrogens is 302 g/mol. The van der Waals surface area contributed by atoms with E-state index >= 15 is 0 Å². The van der Waals surface area contributed by atoms with Gasteiger partial charge < -0.3 is 9.30 Å². The van der Waals surface area contributed by atoms with Crippen molar-refractivity contribution in [2.45, 2.75) is 7.43 Å². The molecular formula is C16H16ClN3O2. The first-order chi connectivity index (χ1) is 10.1. The lowest BCUT2D eigenvalue weighted by molar-refractivity contribution is 0.0601. The number of halogens is 1. The van der Waals surface area contributed by atoms with E-state index in [4.69, 9.17) is 16.3 Å². The van der Waals surface area contributed by atoms with E-state index in [2.05, 4.69) is 9.97 Å². The first kappa shape index (κ1) is 16.0. The number of esters is 1. The highest BCUT2D eigenvalue weighted by Gasteiger charge is 2.13. The second-order valence-electron chi connectivity index (χ2n) is 4.59. The predicted molar refractivity (Wildman–Crippen MR) is 87.0 cm³/mol. The third kappa shape index (κ3) is 2.67. The van der Waals surface area contributed by atoms with Gasteiger partial charge in [0.1, 0.15) is 0 Å². The van der Waals surface area contributed by atoms with Crippen LogP contribution in [0.25, 0.3) is 22.2 Å². The number of hydrogen-bond acceptors (Lipinski definition) is 4. The van der Waals surface area contributed by atoms with Crippen LogP contribution >= 0.6 is 11.6 Å². The Balaban J connectivity index is 0.00000176. The summed E-state index contributed by atoms with van der Waals surface area (Å²) in [6.07, 6.45) is 3.57. The highest BCUT2D eigenvalue weighted by atomic mass is 35.5. The van der Waals surface area contributed by atoms with E-state index in [0.29, 0.717) is 5.56 Å². The van der Waals surface area contributed by atoms with Crippen LogP contribution in [-0.4, -0.2) is 27.6 Å². The van der Waals surface area contributed by atoms with Gasteiger partial charge in [-0.15, -0.1) is 0 Å². The number of ether oxygens (including phenoxy) is 1. The third-order valence-electron chi connectivity index (χ3n) is 3.31. The van der Waals surface area contributed by atoms with Gasteiger partial charge in [0.2, 0.25) is 5.28 Å². The number of aromatic nitrogens is 3. The second-order valence-corrected chi connectivity index (χ2v) is 4.93. The van der Waals surface area contributed by atoms with Crippen molar-refractivity contribution in [3.8, 4) is 11.3 Å². The Labute approximate surface area is 133 Å². The fourth-order valence-corrected chi connectivity index (χ4v) is 2.47. The van der Waals surface area contributed by atoms with Gasteiger partial charge in [0.25, 0.3) is 0 Å². The van der Waals surface area contributed by atoms with E-state index in [-0.39, 0.29) is 18.7 Å². The number of benzene rings is 1. The lowest BCUT2D eigenvalue weighted by Gasteiger charge is -2.02. The first-order valence-corrected chi connectivity index (χ1v) is 6.64. The van der Waals surface area contributed by atoms with E-state index < -0.39 is 0 Å². The molecule has 0 saturated heterocycles. The molecule has 0 radical (unpaired) electrons. The predicted octanol–water partition coefficient (Wildman–Crippen LogP) is 3.71. The minimum Gasteiger partial charge on any atom is -0.465 e. The number of rotatable bonds is 2. The summed E-state index contributed by atoms with van der Waals surface area (Å²) >= 11 is 5.85. The Kier molecular flexibility index (Phi) is 4.47. The molecule has 3 aromatic rings. The van der Waals surface area contributed by atoms with Crippen LogP contribution in [0.15, 0.2) is 36.7 Å². The molecule has 0 spiro atoms. The molecule has 0 N–H and O–H groups in total. The Morgan fingerprint density at radius 2 is 2.09 bits per heavy atom. The summed E-state index contributed by atoms with van der Waals surface area (Å²) in [5.74, 6) is -0.357. The molecule has 0 amide bonds. The maximum absolute atomic E-state index is 11.6.